The molecular formula is C23H35N3O. The molecule has 4 nitrogen and oxygen atoms in total. The van der Waals surface area contributed by atoms with Gasteiger partial charge in [-0.05, 0) is 94.8 Å². The molecule has 0 atom stereocenters. The first-order valence-corrected chi connectivity index (χ1v) is 11.1. The van der Waals surface area contributed by atoms with E-state index in [-0.39, 0.29) is 5.78 Å². The van der Waals surface area contributed by atoms with Crippen LogP contribution in [0.5, 0.6) is 0 Å². The lowest BCUT2D eigenvalue weighted by Gasteiger charge is -2.39. The summed E-state index contributed by atoms with van der Waals surface area (Å²) in [6.07, 6.45) is 13.0. The zero-order chi connectivity index (χ0) is 18.6. The summed E-state index contributed by atoms with van der Waals surface area (Å²) in [4.78, 5) is 21.0. The van der Waals surface area contributed by atoms with Crippen LogP contribution in [0.4, 0.5) is 5.82 Å². The quantitative estimate of drug-likeness (QED) is 0.696. The second kappa shape index (κ2) is 8.72. The molecule has 2 saturated heterocycles. The standard InChI is InChI=1S/C23H35N3O/c1-18(27)22-5-6-23(24-16-22)26-13-9-20(10-14-26)15-19-7-11-25(12-8-19)17-21-3-2-4-21/h5-6,16,19-21H,2-4,7-15,17H2,1H3. The SMILES string of the molecule is CC(=O)c1ccc(N2CCC(CC3CCN(CC4CCC4)CC3)CC2)nc1. The van der Waals surface area contributed by atoms with E-state index >= 15 is 0 Å². The first kappa shape index (κ1) is 18.9. The summed E-state index contributed by atoms with van der Waals surface area (Å²) in [6, 6.07) is 3.92. The zero-order valence-electron chi connectivity index (χ0n) is 16.9. The van der Waals surface area contributed by atoms with Crippen molar-refractivity contribution in [3.8, 4) is 0 Å². The highest BCUT2D eigenvalue weighted by atomic mass is 16.1. The van der Waals surface area contributed by atoms with Gasteiger partial charge in [0.25, 0.3) is 0 Å². The molecule has 3 aliphatic rings. The van der Waals surface area contributed by atoms with Gasteiger partial charge in [0.15, 0.2) is 5.78 Å². The first-order valence-electron chi connectivity index (χ1n) is 11.1. The number of nitrogens with zero attached hydrogens (tertiary/aromatic N) is 3. The lowest BCUT2D eigenvalue weighted by molar-refractivity contribution is 0.101. The number of piperidine rings is 2. The highest BCUT2D eigenvalue weighted by Gasteiger charge is 2.27. The molecule has 2 aliphatic heterocycles. The first-order chi connectivity index (χ1) is 13.2. The summed E-state index contributed by atoms with van der Waals surface area (Å²) >= 11 is 0. The molecule has 148 valence electrons. The van der Waals surface area contributed by atoms with Crippen LogP contribution in [0.1, 0.15) is 68.6 Å². The van der Waals surface area contributed by atoms with Crippen LogP contribution in [-0.2, 0) is 0 Å². The molecular weight excluding hydrogens is 334 g/mol. The minimum absolute atomic E-state index is 0.0893. The van der Waals surface area contributed by atoms with Gasteiger partial charge in [-0.2, -0.15) is 0 Å². The number of pyridine rings is 1. The van der Waals surface area contributed by atoms with Gasteiger partial charge in [0, 0.05) is 31.4 Å². The van der Waals surface area contributed by atoms with Crippen LogP contribution in [0, 0.1) is 17.8 Å². The maximum Gasteiger partial charge on any atom is 0.161 e. The van der Waals surface area contributed by atoms with Crippen molar-refractivity contribution in [2.24, 2.45) is 17.8 Å². The number of anilines is 1. The van der Waals surface area contributed by atoms with Gasteiger partial charge in [-0.25, -0.2) is 4.98 Å². The molecule has 0 N–H and O–H groups in total. The number of carbonyl (C=O) groups excluding carboxylic acids is 1. The van der Waals surface area contributed by atoms with E-state index in [1.807, 2.05) is 12.1 Å². The Bertz CT molecular complexity index is 609. The molecule has 1 aliphatic carbocycles. The molecule has 4 heteroatoms. The largest absolute Gasteiger partial charge is 0.357 e. The van der Waals surface area contributed by atoms with Crippen LogP contribution in [0.2, 0.25) is 0 Å². The number of aromatic nitrogens is 1. The van der Waals surface area contributed by atoms with Gasteiger partial charge in [0.1, 0.15) is 5.82 Å². The van der Waals surface area contributed by atoms with E-state index in [4.69, 9.17) is 0 Å². The molecule has 3 fully saturated rings. The van der Waals surface area contributed by atoms with Crippen LogP contribution in [0.3, 0.4) is 0 Å². The van der Waals surface area contributed by atoms with Crippen LogP contribution in [0.25, 0.3) is 0 Å². The number of rotatable bonds is 6. The van der Waals surface area contributed by atoms with Crippen molar-refractivity contribution in [2.75, 3.05) is 37.6 Å². The molecule has 0 amide bonds. The Labute approximate surface area is 164 Å². The molecule has 0 spiro atoms. The van der Waals surface area contributed by atoms with E-state index < -0.39 is 0 Å². The van der Waals surface area contributed by atoms with E-state index in [9.17, 15) is 4.79 Å². The molecule has 1 aromatic rings. The highest BCUT2D eigenvalue weighted by molar-refractivity contribution is 5.93. The summed E-state index contributed by atoms with van der Waals surface area (Å²) < 4.78 is 0. The average molecular weight is 370 g/mol. The summed E-state index contributed by atoms with van der Waals surface area (Å²) in [5.74, 6) is 3.98. The second-order valence-electron chi connectivity index (χ2n) is 9.17. The smallest absolute Gasteiger partial charge is 0.161 e. The van der Waals surface area contributed by atoms with Crippen LogP contribution in [0.15, 0.2) is 18.3 Å². The van der Waals surface area contributed by atoms with Crippen molar-refractivity contribution in [1.29, 1.82) is 0 Å². The topological polar surface area (TPSA) is 36.4 Å². The third-order valence-electron chi connectivity index (χ3n) is 7.21. The molecule has 3 heterocycles. The monoisotopic (exact) mass is 369 g/mol. The van der Waals surface area contributed by atoms with Crippen molar-refractivity contribution >= 4 is 11.6 Å². The van der Waals surface area contributed by atoms with Crippen molar-refractivity contribution in [2.45, 2.75) is 58.3 Å². The normalized spacial score (nSPS) is 23.4. The van der Waals surface area contributed by atoms with Crippen molar-refractivity contribution in [3.05, 3.63) is 23.9 Å². The van der Waals surface area contributed by atoms with Crippen LogP contribution >= 0.6 is 0 Å². The molecule has 0 aromatic carbocycles. The van der Waals surface area contributed by atoms with E-state index in [1.165, 1.54) is 71.0 Å². The predicted molar refractivity (Wildman–Crippen MR) is 110 cm³/mol. The van der Waals surface area contributed by atoms with E-state index in [2.05, 4.69) is 14.8 Å². The summed E-state index contributed by atoms with van der Waals surface area (Å²) in [5.41, 5.74) is 0.706. The Morgan fingerprint density at radius 1 is 0.963 bits per heavy atom. The van der Waals surface area contributed by atoms with Crippen molar-refractivity contribution in [3.63, 3.8) is 0 Å². The molecule has 0 bridgehead atoms. The third kappa shape index (κ3) is 4.90. The number of hydrogen-bond acceptors (Lipinski definition) is 4. The van der Waals surface area contributed by atoms with E-state index in [0.29, 0.717) is 5.56 Å². The van der Waals surface area contributed by atoms with E-state index in [1.54, 1.807) is 13.1 Å². The van der Waals surface area contributed by atoms with Crippen molar-refractivity contribution < 1.29 is 4.79 Å². The summed E-state index contributed by atoms with van der Waals surface area (Å²) in [7, 11) is 0. The molecule has 0 unspecified atom stereocenters. The number of ketones is 1. The Morgan fingerprint density at radius 3 is 2.15 bits per heavy atom. The predicted octanol–water partition coefficient (Wildman–Crippen LogP) is 4.40. The molecule has 0 radical (unpaired) electrons. The lowest BCUT2D eigenvalue weighted by Crippen LogP contribution is -2.40. The maximum absolute atomic E-state index is 11.4. The third-order valence-corrected chi connectivity index (χ3v) is 7.21. The fourth-order valence-corrected chi connectivity index (χ4v) is 5.10. The van der Waals surface area contributed by atoms with Gasteiger partial charge in [0.05, 0.1) is 0 Å². The fourth-order valence-electron chi connectivity index (χ4n) is 5.10. The highest BCUT2D eigenvalue weighted by Crippen LogP contribution is 2.33. The summed E-state index contributed by atoms with van der Waals surface area (Å²) in [6.45, 7) is 7.87. The minimum atomic E-state index is 0.0893. The van der Waals surface area contributed by atoms with E-state index in [0.717, 1.165) is 36.7 Å². The number of hydrogen-bond donors (Lipinski definition) is 0. The maximum atomic E-state index is 11.4. The Kier molecular flexibility index (Phi) is 6.11. The van der Waals surface area contributed by atoms with Crippen molar-refractivity contribution in [1.82, 2.24) is 9.88 Å². The minimum Gasteiger partial charge on any atom is -0.357 e. The van der Waals surface area contributed by atoms with Gasteiger partial charge in [-0.1, -0.05) is 6.42 Å². The van der Waals surface area contributed by atoms with Gasteiger partial charge in [-0.3, -0.25) is 4.79 Å². The molecule has 27 heavy (non-hydrogen) atoms. The van der Waals surface area contributed by atoms with Gasteiger partial charge in [0.2, 0.25) is 0 Å². The molecule has 1 saturated carbocycles. The fraction of sp³-hybridized carbons (Fsp3) is 0.739. The second-order valence-corrected chi connectivity index (χ2v) is 9.17. The molecule has 1 aromatic heterocycles. The van der Waals surface area contributed by atoms with Gasteiger partial charge in [-0.15, -0.1) is 0 Å². The number of likely N-dealkylation sites (tertiary alicyclic amines) is 1. The average Bonchev–Trinajstić information content (AvgIpc) is 2.67. The summed E-state index contributed by atoms with van der Waals surface area (Å²) in [5, 5.41) is 0. The van der Waals surface area contributed by atoms with Gasteiger partial charge < -0.3 is 9.80 Å². The van der Waals surface area contributed by atoms with Crippen LogP contribution in [-0.4, -0.2) is 48.4 Å². The Balaban J connectivity index is 1.18. The van der Waals surface area contributed by atoms with Gasteiger partial charge >= 0.3 is 0 Å². The zero-order valence-corrected chi connectivity index (χ0v) is 16.9. The number of carbonyl (C=O) groups is 1. The Morgan fingerprint density at radius 2 is 1.63 bits per heavy atom. The molecule has 4 rings (SSSR count). The van der Waals surface area contributed by atoms with Crippen LogP contribution < -0.4 is 4.90 Å². The number of Topliss-reactive ketones (excluding diaryl/α,β-unsaturated/α-hetero) is 1. The lowest BCUT2D eigenvalue weighted by atomic mass is 9.81. The Hall–Kier alpha value is -1.42.